The van der Waals surface area contributed by atoms with E-state index in [1.807, 2.05) is 38.1 Å². The number of hydrogen-bond acceptors (Lipinski definition) is 3. The third-order valence-electron chi connectivity index (χ3n) is 3.33. The summed E-state index contributed by atoms with van der Waals surface area (Å²) in [4.78, 5) is 15.8. The van der Waals surface area contributed by atoms with Crippen LogP contribution in [0.5, 0.6) is 0 Å². The number of allylic oxidation sites excluding steroid dienone is 1. The van der Waals surface area contributed by atoms with Gasteiger partial charge < -0.3 is 12.7 Å². The van der Waals surface area contributed by atoms with Crippen LogP contribution in [0.25, 0.3) is 5.70 Å². The minimum Gasteiger partial charge on any atom is -0.358 e. The molecule has 1 radical (unpaired) electrons. The topological polar surface area (TPSA) is 42.0 Å². The molecule has 0 bridgehead atoms. The molecule has 0 fully saturated rings. The van der Waals surface area contributed by atoms with E-state index in [1.165, 1.54) is 5.56 Å². The average Bonchev–Trinajstić information content (AvgIpc) is 2.90. The molecule has 119 valence electrons. The van der Waals surface area contributed by atoms with Crippen molar-refractivity contribution in [2.24, 2.45) is 0 Å². The first-order chi connectivity index (χ1) is 10.3. The number of nitrogens with one attached hydrogen (secondary N) is 1. The molecule has 1 aromatic heterocycles. The Balaban J connectivity index is 0.00000117. The molecule has 23 heavy (non-hydrogen) atoms. The number of nitrogens with zero attached hydrogens (tertiary/aromatic N) is 1. The Morgan fingerprint density at radius 1 is 1.09 bits per heavy atom. The fraction of sp³-hybridized carbons (Fsp3) is 0.211. The van der Waals surface area contributed by atoms with E-state index in [9.17, 15) is 4.79 Å². The van der Waals surface area contributed by atoms with Gasteiger partial charge in [0.1, 0.15) is 0 Å². The van der Waals surface area contributed by atoms with Gasteiger partial charge in [0, 0.05) is 68.3 Å². The molecular formula is C19H23N2OY-. The van der Waals surface area contributed by atoms with Crippen molar-refractivity contribution in [2.75, 3.05) is 5.32 Å². The Labute approximate surface area is 164 Å². The van der Waals surface area contributed by atoms with Crippen molar-refractivity contribution >= 4 is 17.2 Å². The maximum Gasteiger partial charge on any atom is 0.158 e. The molecule has 0 atom stereocenters. The van der Waals surface area contributed by atoms with Crippen LogP contribution in [0.3, 0.4) is 0 Å². The molecular weight excluding hydrogens is 361 g/mol. The van der Waals surface area contributed by atoms with Crippen molar-refractivity contribution in [2.45, 2.75) is 27.2 Å². The second-order valence-electron chi connectivity index (χ2n) is 4.60. The average molecular weight is 384 g/mol. The second kappa shape index (κ2) is 10.5. The molecule has 1 aliphatic rings. The van der Waals surface area contributed by atoms with Gasteiger partial charge in [0.25, 0.3) is 0 Å². The van der Waals surface area contributed by atoms with Gasteiger partial charge in [0.2, 0.25) is 0 Å². The minimum atomic E-state index is 0. The number of carbonyl (C=O) groups excluding carboxylic acids is 1. The molecule has 0 saturated heterocycles. The quantitative estimate of drug-likeness (QED) is 0.791. The Hall–Kier alpha value is -1.32. The molecule has 0 aliphatic heterocycles. The number of pyridine rings is 1. The molecule has 3 rings (SSSR count). The summed E-state index contributed by atoms with van der Waals surface area (Å²) in [5, 5.41) is 3.35. The maximum absolute atomic E-state index is 11.8. The molecule has 0 unspecified atom stereocenters. The SMILES string of the molecule is CC.CC(=O)C1=C(Nc2ccncc2)c2ccccc2C1.[CH3-].[Y]. The Morgan fingerprint density at radius 3 is 2.30 bits per heavy atom. The molecule has 4 heteroatoms. The van der Waals surface area contributed by atoms with Crippen molar-refractivity contribution in [1.29, 1.82) is 0 Å². The fourth-order valence-electron chi connectivity index (χ4n) is 2.38. The standard InChI is InChI=1S/C16H14N2O.C2H6.CH3.Y/c1-11(19)15-10-12-4-2-3-5-14(12)16(15)18-13-6-8-17-9-7-13;1-2;;/h2-9H,10H2,1H3,(H,17,18);1-2H3;1H3;/q;;-1;. The summed E-state index contributed by atoms with van der Waals surface area (Å²) in [6.07, 6.45) is 4.17. The minimum absolute atomic E-state index is 0. The molecule has 1 N–H and O–H groups in total. The van der Waals surface area contributed by atoms with E-state index < -0.39 is 0 Å². The van der Waals surface area contributed by atoms with Crippen LogP contribution in [-0.4, -0.2) is 10.8 Å². The molecule has 1 aromatic carbocycles. The third-order valence-corrected chi connectivity index (χ3v) is 3.33. The second-order valence-corrected chi connectivity index (χ2v) is 4.60. The predicted octanol–water partition coefficient (Wildman–Crippen LogP) is 4.52. The van der Waals surface area contributed by atoms with Gasteiger partial charge in [-0.1, -0.05) is 38.1 Å². The number of rotatable bonds is 3. The number of anilines is 1. The molecule has 0 amide bonds. The molecule has 0 saturated carbocycles. The summed E-state index contributed by atoms with van der Waals surface area (Å²) in [5.74, 6) is 0.118. The summed E-state index contributed by atoms with van der Waals surface area (Å²) >= 11 is 0. The Kier molecular flexibility index (Phi) is 9.86. The first kappa shape index (κ1) is 21.7. The molecule has 0 spiro atoms. The zero-order valence-corrected chi connectivity index (χ0v) is 17.1. The number of Topliss-reactive ketones (excluding diaryl/α,β-unsaturated/α-hetero) is 1. The van der Waals surface area contributed by atoms with Crippen LogP contribution in [0.1, 0.15) is 31.9 Å². The van der Waals surface area contributed by atoms with E-state index in [1.54, 1.807) is 19.3 Å². The number of aromatic nitrogens is 1. The largest absolute Gasteiger partial charge is 0.358 e. The summed E-state index contributed by atoms with van der Waals surface area (Å²) in [6.45, 7) is 5.62. The van der Waals surface area contributed by atoms with Crippen molar-refractivity contribution in [1.82, 2.24) is 4.98 Å². The van der Waals surface area contributed by atoms with Crippen molar-refractivity contribution in [3.05, 3.63) is 72.9 Å². The molecule has 3 nitrogen and oxygen atoms in total. The van der Waals surface area contributed by atoms with Gasteiger partial charge >= 0.3 is 0 Å². The van der Waals surface area contributed by atoms with Gasteiger partial charge in [-0.2, -0.15) is 0 Å². The van der Waals surface area contributed by atoms with Gasteiger partial charge in [0.15, 0.2) is 5.78 Å². The smallest absolute Gasteiger partial charge is 0.158 e. The Bertz CT molecular complexity index is 666. The van der Waals surface area contributed by atoms with Crippen LogP contribution in [0.2, 0.25) is 0 Å². The molecule has 1 aliphatic carbocycles. The third kappa shape index (κ3) is 5.08. The van der Waals surface area contributed by atoms with Crippen LogP contribution in [0.4, 0.5) is 5.69 Å². The number of benzene rings is 1. The maximum atomic E-state index is 11.8. The monoisotopic (exact) mass is 384 g/mol. The predicted molar refractivity (Wildman–Crippen MR) is 93.4 cm³/mol. The summed E-state index contributed by atoms with van der Waals surface area (Å²) in [6, 6.07) is 11.9. The van der Waals surface area contributed by atoms with Gasteiger partial charge in [-0.25, -0.2) is 0 Å². The Morgan fingerprint density at radius 2 is 1.70 bits per heavy atom. The summed E-state index contributed by atoms with van der Waals surface area (Å²) < 4.78 is 0. The van der Waals surface area contributed by atoms with Crippen molar-refractivity contribution < 1.29 is 37.5 Å². The zero-order chi connectivity index (χ0) is 15.2. The first-order valence-electron chi connectivity index (χ1n) is 7.25. The molecule has 2 aromatic rings. The molecule has 1 heterocycles. The van der Waals surface area contributed by atoms with E-state index in [0.29, 0.717) is 6.42 Å². The van der Waals surface area contributed by atoms with Gasteiger partial charge in [-0.05, 0) is 24.6 Å². The van der Waals surface area contributed by atoms with Crippen LogP contribution < -0.4 is 5.32 Å². The van der Waals surface area contributed by atoms with Crippen molar-refractivity contribution in [3.8, 4) is 0 Å². The van der Waals surface area contributed by atoms with E-state index in [2.05, 4.69) is 22.4 Å². The number of fused-ring (bicyclic) bond motifs is 1. The normalized spacial score (nSPS) is 11.3. The van der Waals surface area contributed by atoms with E-state index in [-0.39, 0.29) is 45.9 Å². The zero-order valence-electron chi connectivity index (χ0n) is 14.3. The van der Waals surface area contributed by atoms with E-state index in [0.717, 1.165) is 22.5 Å². The van der Waals surface area contributed by atoms with Gasteiger partial charge in [-0.15, -0.1) is 0 Å². The van der Waals surface area contributed by atoms with E-state index >= 15 is 0 Å². The number of carbonyl (C=O) groups is 1. The first-order valence-corrected chi connectivity index (χ1v) is 7.25. The van der Waals surface area contributed by atoms with Gasteiger partial charge in [-0.3, -0.25) is 9.78 Å². The van der Waals surface area contributed by atoms with Crippen LogP contribution in [-0.2, 0) is 43.9 Å². The fourth-order valence-corrected chi connectivity index (χ4v) is 2.38. The van der Waals surface area contributed by atoms with Crippen molar-refractivity contribution in [3.63, 3.8) is 0 Å². The number of ketones is 1. The number of hydrogen-bond donors (Lipinski definition) is 1. The van der Waals surface area contributed by atoms with Crippen LogP contribution in [0, 0.1) is 7.43 Å². The van der Waals surface area contributed by atoms with Crippen LogP contribution in [0.15, 0.2) is 54.4 Å². The van der Waals surface area contributed by atoms with Gasteiger partial charge in [0.05, 0.1) is 5.70 Å². The van der Waals surface area contributed by atoms with E-state index in [4.69, 9.17) is 0 Å². The van der Waals surface area contributed by atoms with Crippen LogP contribution >= 0.6 is 0 Å². The summed E-state index contributed by atoms with van der Waals surface area (Å²) in [7, 11) is 0. The summed E-state index contributed by atoms with van der Waals surface area (Å²) in [5.41, 5.74) is 5.03.